The normalized spacial score (nSPS) is 10.5. The number of halogens is 1. The van der Waals surface area contributed by atoms with Gasteiger partial charge in [0.05, 0.1) is 5.69 Å². The second kappa shape index (κ2) is 4.32. The van der Waals surface area contributed by atoms with Crippen LogP contribution in [0.15, 0.2) is 24.3 Å². The molecule has 2 rings (SSSR count). The minimum Gasteiger partial charge on any atom is -0.476 e. The van der Waals surface area contributed by atoms with E-state index >= 15 is 0 Å². The largest absolute Gasteiger partial charge is 0.476 e. The summed E-state index contributed by atoms with van der Waals surface area (Å²) in [6.07, 6.45) is 0.353. The predicted octanol–water partition coefficient (Wildman–Crippen LogP) is 1.24. The Morgan fingerprint density at radius 2 is 2.06 bits per heavy atom. The van der Waals surface area contributed by atoms with Gasteiger partial charge in [-0.2, -0.15) is 0 Å². The van der Waals surface area contributed by atoms with Crippen LogP contribution in [0.4, 0.5) is 4.39 Å². The van der Waals surface area contributed by atoms with Gasteiger partial charge in [0.2, 0.25) is 0 Å². The smallest absolute Gasteiger partial charge is 0.358 e. The van der Waals surface area contributed by atoms with Crippen molar-refractivity contribution in [1.29, 1.82) is 0 Å². The van der Waals surface area contributed by atoms with E-state index in [2.05, 4.69) is 10.3 Å². The van der Waals surface area contributed by atoms with Gasteiger partial charge in [0.15, 0.2) is 5.69 Å². The molecule has 0 aliphatic heterocycles. The minimum absolute atomic E-state index is 0.0724. The quantitative estimate of drug-likeness (QED) is 0.869. The van der Waals surface area contributed by atoms with Gasteiger partial charge in [-0.05, 0) is 17.7 Å². The zero-order valence-electron chi connectivity index (χ0n) is 9.09. The number of benzene rings is 1. The summed E-state index contributed by atoms with van der Waals surface area (Å²) in [4.78, 5) is 10.9. The van der Waals surface area contributed by atoms with Crippen molar-refractivity contribution in [3.05, 3.63) is 47.0 Å². The Morgan fingerprint density at radius 3 is 2.65 bits per heavy atom. The number of carbonyl (C=O) groups is 1. The first kappa shape index (κ1) is 11.3. The highest BCUT2D eigenvalue weighted by molar-refractivity contribution is 5.86. The highest BCUT2D eigenvalue weighted by Gasteiger charge is 2.17. The minimum atomic E-state index is -1.12. The molecule has 0 unspecified atom stereocenters. The summed E-state index contributed by atoms with van der Waals surface area (Å²) in [6, 6.07) is 5.88. The summed E-state index contributed by atoms with van der Waals surface area (Å²) in [7, 11) is 1.62. The maximum atomic E-state index is 12.7. The van der Waals surface area contributed by atoms with Crippen molar-refractivity contribution >= 4 is 5.97 Å². The van der Waals surface area contributed by atoms with Gasteiger partial charge in [-0.15, -0.1) is 5.10 Å². The molecule has 0 amide bonds. The highest BCUT2D eigenvalue weighted by atomic mass is 19.1. The molecular formula is C11H10FN3O2. The molecule has 0 bridgehead atoms. The first-order valence-corrected chi connectivity index (χ1v) is 4.94. The summed E-state index contributed by atoms with van der Waals surface area (Å²) in [6.45, 7) is 0. The van der Waals surface area contributed by atoms with Crippen LogP contribution >= 0.6 is 0 Å². The van der Waals surface area contributed by atoms with Crippen LogP contribution in [-0.4, -0.2) is 26.1 Å². The van der Waals surface area contributed by atoms with Gasteiger partial charge in [0.25, 0.3) is 0 Å². The van der Waals surface area contributed by atoms with Gasteiger partial charge in [-0.25, -0.2) is 9.18 Å². The number of carboxylic acids is 1. The number of aryl methyl sites for hydroxylation is 1. The fraction of sp³-hybridized carbons (Fsp3) is 0.182. The van der Waals surface area contributed by atoms with Crippen LogP contribution in [0.5, 0.6) is 0 Å². The number of nitrogens with zero attached hydrogens (tertiary/aromatic N) is 3. The summed E-state index contributed by atoms with van der Waals surface area (Å²) < 4.78 is 14.1. The lowest BCUT2D eigenvalue weighted by atomic mass is 10.1. The van der Waals surface area contributed by atoms with Crippen molar-refractivity contribution in [2.45, 2.75) is 6.42 Å². The molecule has 1 aromatic carbocycles. The molecule has 5 nitrogen and oxygen atoms in total. The Morgan fingerprint density at radius 1 is 1.41 bits per heavy atom. The molecule has 0 saturated heterocycles. The van der Waals surface area contributed by atoms with Crippen LogP contribution in [0, 0.1) is 5.82 Å². The molecule has 1 aromatic heterocycles. The lowest BCUT2D eigenvalue weighted by Gasteiger charge is -2.02. The molecule has 0 aliphatic rings. The van der Waals surface area contributed by atoms with Gasteiger partial charge in [-0.1, -0.05) is 17.3 Å². The third kappa shape index (κ3) is 2.30. The van der Waals surface area contributed by atoms with Crippen LogP contribution in [0.2, 0.25) is 0 Å². The molecule has 0 radical (unpaired) electrons. The molecule has 0 aliphatic carbocycles. The number of hydrogen-bond donors (Lipinski definition) is 1. The number of hydrogen-bond acceptors (Lipinski definition) is 3. The summed E-state index contributed by atoms with van der Waals surface area (Å²) >= 11 is 0. The average molecular weight is 235 g/mol. The predicted molar refractivity (Wildman–Crippen MR) is 57.2 cm³/mol. The van der Waals surface area contributed by atoms with Crippen molar-refractivity contribution in [2.24, 2.45) is 7.05 Å². The third-order valence-electron chi connectivity index (χ3n) is 2.43. The molecule has 88 valence electrons. The molecule has 6 heteroatoms. The fourth-order valence-corrected chi connectivity index (χ4v) is 1.54. The zero-order valence-corrected chi connectivity index (χ0v) is 9.09. The zero-order chi connectivity index (χ0) is 12.4. The van der Waals surface area contributed by atoms with E-state index in [1.165, 1.54) is 16.8 Å². The van der Waals surface area contributed by atoms with Crippen molar-refractivity contribution < 1.29 is 14.3 Å². The van der Waals surface area contributed by atoms with Crippen molar-refractivity contribution in [3.8, 4) is 0 Å². The van der Waals surface area contributed by atoms with Crippen molar-refractivity contribution in [3.63, 3.8) is 0 Å². The Bertz CT molecular complexity index is 548. The number of rotatable bonds is 3. The molecule has 2 aromatic rings. The maximum absolute atomic E-state index is 12.7. The average Bonchev–Trinajstić information content (AvgIpc) is 2.64. The van der Waals surface area contributed by atoms with E-state index in [0.29, 0.717) is 12.1 Å². The Balaban J connectivity index is 2.32. The topological polar surface area (TPSA) is 68.0 Å². The van der Waals surface area contributed by atoms with E-state index < -0.39 is 5.97 Å². The summed E-state index contributed by atoms with van der Waals surface area (Å²) in [5.74, 6) is -1.44. The molecule has 0 saturated carbocycles. The first-order valence-electron chi connectivity index (χ1n) is 4.94. The molecule has 17 heavy (non-hydrogen) atoms. The molecule has 1 N–H and O–H groups in total. The summed E-state index contributed by atoms with van der Waals surface area (Å²) in [5.41, 5.74) is 1.22. The second-order valence-electron chi connectivity index (χ2n) is 3.62. The standard InChI is InChI=1S/C11H10FN3O2/c1-15-9(10(11(16)17)13-14-15)6-7-2-4-8(12)5-3-7/h2-5H,6H2,1H3,(H,16,17). The third-order valence-corrected chi connectivity index (χ3v) is 2.43. The van der Waals surface area contributed by atoms with Gasteiger partial charge in [0.1, 0.15) is 5.82 Å². The van der Waals surface area contributed by atoms with Gasteiger partial charge < -0.3 is 5.11 Å². The Hall–Kier alpha value is -2.24. The van der Waals surface area contributed by atoms with E-state index in [1.807, 2.05) is 0 Å². The molecule has 0 spiro atoms. The number of carboxylic acid groups (broad SMARTS) is 1. The first-order chi connectivity index (χ1) is 8.08. The molecule has 1 heterocycles. The van der Waals surface area contributed by atoms with Gasteiger partial charge in [-0.3, -0.25) is 4.68 Å². The lowest BCUT2D eigenvalue weighted by molar-refractivity contribution is 0.0689. The fourth-order valence-electron chi connectivity index (χ4n) is 1.54. The van der Waals surface area contributed by atoms with Gasteiger partial charge >= 0.3 is 5.97 Å². The maximum Gasteiger partial charge on any atom is 0.358 e. The van der Waals surface area contributed by atoms with E-state index in [-0.39, 0.29) is 11.5 Å². The van der Waals surface area contributed by atoms with Gasteiger partial charge in [0, 0.05) is 13.5 Å². The monoisotopic (exact) mass is 235 g/mol. The van der Waals surface area contributed by atoms with Crippen molar-refractivity contribution in [2.75, 3.05) is 0 Å². The second-order valence-corrected chi connectivity index (χ2v) is 3.62. The van der Waals surface area contributed by atoms with Crippen LogP contribution in [0.3, 0.4) is 0 Å². The van der Waals surface area contributed by atoms with E-state index in [0.717, 1.165) is 5.56 Å². The van der Waals surface area contributed by atoms with E-state index in [4.69, 9.17) is 5.11 Å². The highest BCUT2D eigenvalue weighted by Crippen LogP contribution is 2.12. The Labute approximate surface area is 96.5 Å². The number of aromatic carboxylic acids is 1. The number of aromatic nitrogens is 3. The van der Waals surface area contributed by atoms with Crippen LogP contribution in [0.25, 0.3) is 0 Å². The lowest BCUT2D eigenvalue weighted by Crippen LogP contribution is -2.06. The van der Waals surface area contributed by atoms with E-state index in [1.54, 1.807) is 19.2 Å². The Kier molecular flexibility index (Phi) is 2.86. The van der Waals surface area contributed by atoms with E-state index in [9.17, 15) is 9.18 Å². The molecule has 0 fully saturated rings. The van der Waals surface area contributed by atoms with Crippen LogP contribution < -0.4 is 0 Å². The summed E-state index contributed by atoms with van der Waals surface area (Å²) in [5, 5.41) is 16.2. The van der Waals surface area contributed by atoms with Crippen LogP contribution in [-0.2, 0) is 13.5 Å². The van der Waals surface area contributed by atoms with Crippen LogP contribution in [0.1, 0.15) is 21.7 Å². The molecule has 0 atom stereocenters. The molecular weight excluding hydrogens is 225 g/mol. The SMILES string of the molecule is Cn1nnc(C(=O)O)c1Cc1ccc(F)cc1. The van der Waals surface area contributed by atoms with Crippen molar-refractivity contribution in [1.82, 2.24) is 15.0 Å².